The zero-order valence-electron chi connectivity index (χ0n) is 8.12. The molecule has 5 heteroatoms. The fourth-order valence-electron chi connectivity index (χ4n) is 1.03. The van der Waals surface area contributed by atoms with E-state index in [-0.39, 0.29) is 6.42 Å². The number of thiazole rings is 1. The summed E-state index contributed by atoms with van der Waals surface area (Å²) in [6, 6.07) is 0. The first-order chi connectivity index (χ1) is 6.68. The summed E-state index contributed by atoms with van der Waals surface area (Å²) in [7, 11) is 0. The second-order valence-corrected chi connectivity index (χ2v) is 3.93. The minimum atomic E-state index is -0.727. The smallest absolute Gasteiger partial charge is 0.303 e. The van der Waals surface area contributed by atoms with Gasteiger partial charge >= 0.3 is 5.97 Å². The lowest BCUT2D eigenvalue weighted by Gasteiger charge is -2.00. The number of unbranched alkanes of at least 4 members (excludes halogenated alkanes) is 1. The number of rotatable bonds is 6. The molecule has 0 unspecified atom stereocenters. The summed E-state index contributed by atoms with van der Waals surface area (Å²) in [5.41, 5.74) is 1.02. The van der Waals surface area contributed by atoms with Crippen molar-refractivity contribution >= 4 is 22.4 Å². The third-order valence-corrected chi connectivity index (χ3v) is 2.63. The highest BCUT2D eigenvalue weighted by atomic mass is 32.1. The monoisotopic (exact) mass is 214 g/mol. The highest BCUT2D eigenvalue weighted by Gasteiger charge is 1.98. The van der Waals surface area contributed by atoms with Gasteiger partial charge in [-0.05, 0) is 19.8 Å². The number of aromatic nitrogens is 1. The fourth-order valence-corrected chi connectivity index (χ4v) is 1.75. The molecule has 1 rings (SSSR count). The molecule has 2 N–H and O–H groups in total. The summed E-state index contributed by atoms with van der Waals surface area (Å²) >= 11 is 1.58. The van der Waals surface area contributed by atoms with Crippen LogP contribution in [0.2, 0.25) is 0 Å². The summed E-state index contributed by atoms with van der Waals surface area (Å²) in [5.74, 6) is -0.727. The van der Waals surface area contributed by atoms with Gasteiger partial charge in [0.05, 0.1) is 5.69 Å². The number of hydrogen-bond donors (Lipinski definition) is 2. The molecule has 78 valence electrons. The van der Waals surface area contributed by atoms with Gasteiger partial charge < -0.3 is 10.4 Å². The molecule has 4 nitrogen and oxygen atoms in total. The number of carboxylic acid groups (broad SMARTS) is 1. The van der Waals surface area contributed by atoms with Gasteiger partial charge in [0.2, 0.25) is 0 Å². The van der Waals surface area contributed by atoms with E-state index < -0.39 is 5.97 Å². The number of nitrogens with zero attached hydrogens (tertiary/aromatic N) is 1. The first-order valence-corrected chi connectivity index (χ1v) is 5.44. The Morgan fingerprint density at radius 2 is 2.43 bits per heavy atom. The minimum absolute atomic E-state index is 0.249. The van der Waals surface area contributed by atoms with E-state index in [0.29, 0.717) is 6.42 Å². The third-order valence-electron chi connectivity index (χ3n) is 1.71. The molecule has 0 radical (unpaired) electrons. The zero-order chi connectivity index (χ0) is 10.4. The van der Waals surface area contributed by atoms with Crippen molar-refractivity contribution in [1.29, 1.82) is 0 Å². The molecule has 0 spiro atoms. The number of hydrogen-bond acceptors (Lipinski definition) is 4. The molecular weight excluding hydrogens is 200 g/mol. The maximum absolute atomic E-state index is 10.2. The number of carboxylic acids is 1. The molecule has 0 aliphatic rings. The molecule has 0 bridgehead atoms. The zero-order valence-corrected chi connectivity index (χ0v) is 8.93. The molecule has 1 aromatic rings. The van der Waals surface area contributed by atoms with E-state index in [0.717, 1.165) is 23.8 Å². The Labute approximate surface area is 87.0 Å². The molecule has 0 fully saturated rings. The highest BCUT2D eigenvalue weighted by molar-refractivity contribution is 7.13. The molecule has 0 aromatic carbocycles. The lowest BCUT2D eigenvalue weighted by Crippen LogP contribution is -2.02. The number of aliphatic carboxylic acids is 1. The second kappa shape index (κ2) is 5.59. The van der Waals surface area contributed by atoms with Gasteiger partial charge in [0.15, 0.2) is 5.13 Å². The van der Waals surface area contributed by atoms with E-state index >= 15 is 0 Å². The van der Waals surface area contributed by atoms with Gasteiger partial charge in [-0.3, -0.25) is 4.79 Å². The molecule has 0 aliphatic heterocycles. The molecule has 1 heterocycles. The molecule has 0 amide bonds. The molecule has 0 aliphatic carbocycles. The summed E-state index contributed by atoms with van der Waals surface area (Å²) in [6.45, 7) is 2.74. The summed E-state index contributed by atoms with van der Waals surface area (Å²) in [6.07, 6.45) is 1.83. The van der Waals surface area contributed by atoms with E-state index in [9.17, 15) is 4.79 Å². The van der Waals surface area contributed by atoms with Crippen LogP contribution in [0.25, 0.3) is 0 Å². The van der Waals surface area contributed by atoms with Crippen molar-refractivity contribution in [3.05, 3.63) is 11.1 Å². The van der Waals surface area contributed by atoms with E-state index in [2.05, 4.69) is 10.3 Å². The minimum Gasteiger partial charge on any atom is -0.481 e. The van der Waals surface area contributed by atoms with Crippen LogP contribution >= 0.6 is 11.3 Å². The maximum atomic E-state index is 10.2. The second-order valence-electron chi connectivity index (χ2n) is 3.07. The van der Waals surface area contributed by atoms with Crippen molar-refractivity contribution < 1.29 is 9.90 Å². The Morgan fingerprint density at radius 3 is 3.00 bits per heavy atom. The van der Waals surface area contributed by atoms with Crippen LogP contribution in [0.1, 0.15) is 25.0 Å². The lowest BCUT2D eigenvalue weighted by atomic mass is 10.2. The van der Waals surface area contributed by atoms with Gasteiger partial charge in [0.1, 0.15) is 0 Å². The quantitative estimate of drug-likeness (QED) is 0.712. The standard InChI is InChI=1S/C9H14N2O2S/c1-7-6-14-9(11-7)10-5-3-2-4-8(12)13/h6H,2-5H2,1H3,(H,10,11)(H,12,13). The van der Waals surface area contributed by atoms with E-state index in [1.165, 1.54) is 0 Å². The first-order valence-electron chi connectivity index (χ1n) is 4.56. The topological polar surface area (TPSA) is 62.2 Å². The average molecular weight is 214 g/mol. The van der Waals surface area contributed by atoms with Crippen molar-refractivity contribution in [2.24, 2.45) is 0 Å². The first kappa shape index (κ1) is 11.0. The van der Waals surface area contributed by atoms with Crippen molar-refractivity contribution in [1.82, 2.24) is 4.98 Å². The normalized spacial score (nSPS) is 10.1. The summed E-state index contributed by atoms with van der Waals surface area (Å²) < 4.78 is 0. The molecule has 0 saturated heterocycles. The van der Waals surface area contributed by atoms with E-state index in [1.807, 2.05) is 12.3 Å². The summed E-state index contributed by atoms with van der Waals surface area (Å²) in [5, 5.41) is 14.5. The molecular formula is C9H14N2O2S. The number of anilines is 1. The number of nitrogens with one attached hydrogen (secondary N) is 1. The number of carbonyl (C=O) groups is 1. The Bertz CT molecular complexity index is 299. The number of aryl methyl sites for hydroxylation is 1. The lowest BCUT2D eigenvalue weighted by molar-refractivity contribution is -0.137. The average Bonchev–Trinajstić information content (AvgIpc) is 2.50. The Morgan fingerprint density at radius 1 is 1.64 bits per heavy atom. The van der Waals surface area contributed by atoms with Gasteiger partial charge in [-0.2, -0.15) is 0 Å². The van der Waals surface area contributed by atoms with Crippen molar-refractivity contribution in [2.75, 3.05) is 11.9 Å². The van der Waals surface area contributed by atoms with Crippen LogP contribution in [0, 0.1) is 6.92 Å². The Balaban J connectivity index is 2.07. The SMILES string of the molecule is Cc1csc(NCCCCC(=O)O)n1. The fraction of sp³-hybridized carbons (Fsp3) is 0.556. The Hall–Kier alpha value is -1.10. The third kappa shape index (κ3) is 4.23. The molecule has 0 saturated carbocycles. The molecule has 0 atom stereocenters. The van der Waals surface area contributed by atoms with Gasteiger partial charge in [-0.15, -0.1) is 11.3 Å². The molecule has 1 aromatic heterocycles. The predicted molar refractivity (Wildman–Crippen MR) is 56.8 cm³/mol. The van der Waals surface area contributed by atoms with Crippen LogP contribution in [0.4, 0.5) is 5.13 Å². The van der Waals surface area contributed by atoms with Crippen molar-refractivity contribution in [3.63, 3.8) is 0 Å². The van der Waals surface area contributed by atoms with Crippen LogP contribution in [0.15, 0.2) is 5.38 Å². The maximum Gasteiger partial charge on any atom is 0.303 e. The summed E-state index contributed by atoms with van der Waals surface area (Å²) in [4.78, 5) is 14.4. The van der Waals surface area contributed by atoms with Gasteiger partial charge in [-0.25, -0.2) is 4.98 Å². The van der Waals surface area contributed by atoms with Crippen LogP contribution in [0.5, 0.6) is 0 Å². The largest absolute Gasteiger partial charge is 0.481 e. The van der Waals surface area contributed by atoms with Crippen LogP contribution in [-0.2, 0) is 4.79 Å². The highest BCUT2D eigenvalue weighted by Crippen LogP contribution is 2.14. The van der Waals surface area contributed by atoms with Crippen molar-refractivity contribution in [2.45, 2.75) is 26.2 Å². The molecule has 14 heavy (non-hydrogen) atoms. The van der Waals surface area contributed by atoms with E-state index in [1.54, 1.807) is 11.3 Å². The van der Waals surface area contributed by atoms with Crippen molar-refractivity contribution in [3.8, 4) is 0 Å². The van der Waals surface area contributed by atoms with Crippen LogP contribution in [0.3, 0.4) is 0 Å². The van der Waals surface area contributed by atoms with Gasteiger partial charge in [0, 0.05) is 18.3 Å². The van der Waals surface area contributed by atoms with Gasteiger partial charge in [0.25, 0.3) is 0 Å². The van der Waals surface area contributed by atoms with Gasteiger partial charge in [-0.1, -0.05) is 0 Å². The Kier molecular flexibility index (Phi) is 4.39. The predicted octanol–water partition coefficient (Wildman–Crippen LogP) is 2.12. The van der Waals surface area contributed by atoms with Crippen LogP contribution in [-0.4, -0.2) is 22.6 Å². The van der Waals surface area contributed by atoms with Crippen LogP contribution < -0.4 is 5.32 Å². The van der Waals surface area contributed by atoms with E-state index in [4.69, 9.17) is 5.11 Å².